The molecule has 1 aliphatic rings. The van der Waals surface area contributed by atoms with Crippen LogP contribution in [0, 0.1) is 19.7 Å². The molecule has 1 heteroatoms. The summed E-state index contributed by atoms with van der Waals surface area (Å²) in [5.41, 5.74) is 2.90. The summed E-state index contributed by atoms with van der Waals surface area (Å²) >= 11 is 0. The molecule has 2 rings (SSSR count). The first-order valence-electron chi connectivity index (χ1n) is 5.45. The van der Waals surface area contributed by atoms with Crippen LogP contribution in [0.2, 0.25) is 0 Å². The molecule has 1 saturated carbocycles. The van der Waals surface area contributed by atoms with Gasteiger partial charge in [0.05, 0.1) is 0 Å². The number of benzene rings is 1. The van der Waals surface area contributed by atoms with Gasteiger partial charge in [0.1, 0.15) is 5.82 Å². The lowest BCUT2D eigenvalue weighted by Crippen LogP contribution is -2.01. The molecule has 0 unspecified atom stereocenters. The van der Waals surface area contributed by atoms with E-state index in [2.05, 4.69) is 0 Å². The van der Waals surface area contributed by atoms with Crippen molar-refractivity contribution in [1.82, 2.24) is 0 Å². The number of aryl methyl sites for hydroxylation is 2. The molecule has 76 valence electrons. The molecule has 0 saturated heterocycles. The van der Waals surface area contributed by atoms with Crippen molar-refractivity contribution in [2.45, 2.75) is 45.4 Å². The van der Waals surface area contributed by atoms with E-state index in [1.807, 2.05) is 26.0 Å². The Hall–Kier alpha value is -0.850. The van der Waals surface area contributed by atoms with Crippen LogP contribution in [-0.2, 0) is 0 Å². The first kappa shape index (κ1) is 9.70. The Morgan fingerprint density at radius 1 is 1.07 bits per heavy atom. The van der Waals surface area contributed by atoms with Crippen molar-refractivity contribution in [3.05, 3.63) is 34.6 Å². The average molecular weight is 192 g/mol. The third kappa shape index (κ3) is 1.56. The van der Waals surface area contributed by atoms with E-state index in [0.29, 0.717) is 5.92 Å². The van der Waals surface area contributed by atoms with Crippen molar-refractivity contribution < 1.29 is 4.39 Å². The Morgan fingerprint density at radius 3 is 2.29 bits per heavy atom. The van der Waals surface area contributed by atoms with Gasteiger partial charge in [-0.3, -0.25) is 0 Å². The van der Waals surface area contributed by atoms with Crippen LogP contribution in [0.15, 0.2) is 12.1 Å². The highest BCUT2D eigenvalue weighted by atomic mass is 19.1. The minimum absolute atomic E-state index is 0.0388. The van der Waals surface area contributed by atoms with Gasteiger partial charge in [-0.25, -0.2) is 4.39 Å². The summed E-state index contributed by atoms with van der Waals surface area (Å²) in [6.45, 7) is 3.88. The van der Waals surface area contributed by atoms with Gasteiger partial charge in [0.15, 0.2) is 0 Å². The maximum atomic E-state index is 13.9. The monoisotopic (exact) mass is 192 g/mol. The SMILES string of the molecule is Cc1ccc(C)c(C2CCCC2)c1F. The van der Waals surface area contributed by atoms with Gasteiger partial charge in [0, 0.05) is 0 Å². The van der Waals surface area contributed by atoms with Crippen LogP contribution in [0.25, 0.3) is 0 Å². The van der Waals surface area contributed by atoms with Crippen LogP contribution < -0.4 is 0 Å². The molecule has 0 atom stereocenters. The second-order valence-corrected chi connectivity index (χ2v) is 4.41. The number of rotatable bonds is 1. The van der Waals surface area contributed by atoms with E-state index in [0.717, 1.165) is 16.7 Å². The van der Waals surface area contributed by atoms with Crippen molar-refractivity contribution >= 4 is 0 Å². The van der Waals surface area contributed by atoms with E-state index in [-0.39, 0.29) is 5.82 Å². The number of hydrogen-bond acceptors (Lipinski definition) is 0. The third-order valence-electron chi connectivity index (χ3n) is 3.35. The van der Waals surface area contributed by atoms with Crippen molar-refractivity contribution in [2.24, 2.45) is 0 Å². The molecule has 1 fully saturated rings. The molecule has 1 aromatic rings. The average Bonchev–Trinajstić information content (AvgIpc) is 2.65. The fourth-order valence-electron chi connectivity index (χ4n) is 2.51. The van der Waals surface area contributed by atoms with Crippen molar-refractivity contribution in [3.8, 4) is 0 Å². The molecule has 1 aromatic carbocycles. The third-order valence-corrected chi connectivity index (χ3v) is 3.35. The van der Waals surface area contributed by atoms with Crippen LogP contribution in [-0.4, -0.2) is 0 Å². The zero-order chi connectivity index (χ0) is 10.1. The van der Waals surface area contributed by atoms with E-state index < -0.39 is 0 Å². The van der Waals surface area contributed by atoms with Gasteiger partial charge in [-0.05, 0) is 49.3 Å². The van der Waals surface area contributed by atoms with Crippen LogP contribution in [0.1, 0.15) is 48.3 Å². The maximum absolute atomic E-state index is 13.9. The van der Waals surface area contributed by atoms with Crippen molar-refractivity contribution in [2.75, 3.05) is 0 Å². The predicted molar refractivity (Wildman–Crippen MR) is 57.1 cm³/mol. The zero-order valence-electron chi connectivity index (χ0n) is 8.94. The molecule has 0 spiro atoms. The van der Waals surface area contributed by atoms with E-state index >= 15 is 0 Å². The highest BCUT2D eigenvalue weighted by Crippen LogP contribution is 2.37. The Kier molecular flexibility index (Phi) is 2.58. The summed E-state index contributed by atoms with van der Waals surface area (Å²) < 4.78 is 13.9. The number of halogens is 1. The molecule has 1 aliphatic carbocycles. The molecule has 0 heterocycles. The largest absolute Gasteiger partial charge is 0.206 e. The second-order valence-electron chi connectivity index (χ2n) is 4.41. The molecular formula is C13H17F. The molecule has 0 aromatic heterocycles. The summed E-state index contributed by atoms with van der Waals surface area (Å²) in [5, 5.41) is 0. The van der Waals surface area contributed by atoms with Gasteiger partial charge in [0.25, 0.3) is 0 Å². The first-order chi connectivity index (χ1) is 6.70. The van der Waals surface area contributed by atoms with Crippen molar-refractivity contribution in [3.63, 3.8) is 0 Å². The van der Waals surface area contributed by atoms with Crippen LogP contribution in [0.4, 0.5) is 4.39 Å². The quantitative estimate of drug-likeness (QED) is 0.628. The Balaban J connectivity index is 2.44. The van der Waals surface area contributed by atoms with Gasteiger partial charge < -0.3 is 0 Å². The highest BCUT2D eigenvalue weighted by Gasteiger charge is 2.22. The minimum atomic E-state index is 0.0388. The first-order valence-corrected chi connectivity index (χ1v) is 5.45. The lowest BCUT2D eigenvalue weighted by molar-refractivity contribution is 0.570. The summed E-state index contributed by atoms with van der Waals surface area (Å²) in [7, 11) is 0. The Bertz CT molecular complexity index is 335. The van der Waals surface area contributed by atoms with E-state index in [1.54, 1.807) is 0 Å². The van der Waals surface area contributed by atoms with Crippen LogP contribution in [0.3, 0.4) is 0 Å². The number of hydrogen-bond donors (Lipinski definition) is 0. The molecule has 0 bridgehead atoms. The Morgan fingerprint density at radius 2 is 1.64 bits per heavy atom. The fourth-order valence-corrected chi connectivity index (χ4v) is 2.51. The standard InChI is InChI=1S/C13H17F/c1-9-7-8-10(2)13(14)12(9)11-5-3-4-6-11/h7-8,11H,3-6H2,1-2H3. The summed E-state index contributed by atoms with van der Waals surface area (Å²) in [6.07, 6.45) is 4.86. The van der Waals surface area contributed by atoms with Gasteiger partial charge in [0.2, 0.25) is 0 Å². The van der Waals surface area contributed by atoms with E-state index in [4.69, 9.17) is 0 Å². The predicted octanol–water partition coefficient (Wildman–Crippen LogP) is 4.10. The molecule has 0 radical (unpaired) electrons. The highest BCUT2D eigenvalue weighted by molar-refractivity contribution is 5.35. The lowest BCUT2D eigenvalue weighted by atomic mass is 9.91. The van der Waals surface area contributed by atoms with E-state index in [1.165, 1.54) is 25.7 Å². The molecule has 14 heavy (non-hydrogen) atoms. The molecular weight excluding hydrogens is 175 g/mol. The van der Waals surface area contributed by atoms with Crippen molar-refractivity contribution in [1.29, 1.82) is 0 Å². The normalized spacial score (nSPS) is 17.6. The van der Waals surface area contributed by atoms with Crippen LogP contribution in [0.5, 0.6) is 0 Å². The summed E-state index contributed by atoms with van der Waals surface area (Å²) in [6, 6.07) is 3.93. The van der Waals surface area contributed by atoms with Gasteiger partial charge in [-0.2, -0.15) is 0 Å². The van der Waals surface area contributed by atoms with Crippen LogP contribution >= 0.6 is 0 Å². The minimum Gasteiger partial charge on any atom is -0.206 e. The second kappa shape index (κ2) is 3.72. The van der Waals surface area contributed by atoms with Gasteiger partial charge >= 0.3 is 0 Å². The van der Waals surface area contributed by atoms with Gasteiger partial charge in [-0.1, -0.05) is 25.0 Å². The topological polar surface area (TPSA) is 0 Å². The molecule has 0 amide bonds. The molecule has 0 nitrogen and oxygen atoms in total. The molecule has 0 aliphatic heterocycles. The van der Waals surface area contributed by atoms with Gasteiger partial charge in [-0.15, -0.1) is 0 Å². The Labute approximate surface area is 85.1 Å². The zero-order valence-corrected chi connectivity index (χ0v) is 8.94. The maximum Gasteiger partial charge on any atom is 0.129 e. The smallest absolute Gasteiger partial charge is 0.129 e. The fraction of sp³-hybridized carbons (Fsp3) is 0.538. The lowest BCUT2D eigenvalue weighted by Gasteiger charge is -2.15. The molecule has 0 N–H and O–H groups in total. The summed E-state index contributed by atoms with van der Waals surface area (Å²) in [4.78, 5) is 0. The van der Waals surface area contributed by atoms with E-state index in [9.17, 15) is 4.39 Å². The summed E-state index contributed by atoms with van der Waals surface area (Å²) in [5.74, 6) is 0.520.